The highest BCUT2D eigenvalue weighted by atomic mass is 32.2. The van der Waals surface area contributed by atoms with Gasteiger partial charge in [0.15, 0.2) is 9.84 Å². The van der Waals surface area contributed by atoms with Crippen LogP contribution in [-0.2, 0) is 22.9 Å². The number of hydrogen-bond acceptors (Lipinski definition) is 3. The van der Waals surface area contributed by atoms with Crippen LogP contribution in [0.3, 0.4) is 0 Å². The molecule has 6 heteroatoms. The van der Waals surface area contributed by atoms with Gasteiger partial charge in [0.25, 0.3) is 0 Å². The number of rotatable bonds is 6. The number of quaternary nitrogens is 1. The normalized spacial score (nSPS) is 20.3. The Kier molecular flexibility index (Phi) is 5.77. The van der Waals surface area contributed by atoms with Crippen LogP contribution < -0.4 is 4.90 Å². The van der Waals surface area contributed by atoms with Crippen molar-refractivity contribution in [3.63, 3.8) is 0 Å². The van der Waals surface area contributed by atoms with E-state index in [1.54, 1.807) is 0 Å². The van der Waals surface area contributed by atoms with Gasteiger partial charge in [-0.2, -0.15) is 5.10 Å². The SMILES string of the molecule is Cc1nn([C@@H]2CCS(=O)(=O)C2)c(C)c1C[NH+](C)Cc1ccc(C(C)C)cc1. The second-order valence-corrected chi connectivity index (χ2v) is 10.6. The van der Waals surface area contributed by atoms with Gasteiger partial charge in [-0.05, 0) is 31.7 Å². The fraction of sp³-hybridized carbons (Fsp3) is 0.571. The highest BCUT2D eigenvalue weighted by molar-refractivity contribution is 7.91. The number of aryl methyl sites for hydroxylation is 1. The molecule has 1 aliphatic heterocycles. The number of nitrogens with zero attached hydrogens (tertiary/aromatic N) is 2. The lowest BCUT2D eigenvalue weighted by atomic mass is 10.0. The van der Waals surface area contributed by atoms with Gasteiger partial charge >= 0.3 is 0 Å². The van der Waals surface area contributed by atoms with Crippen LogP contribution in [0, 0.1) is 13.8 Å². The van der Waals surface area contributed by atoms with E-state index in [2.05, 4.69) is 57.2 Å². The Hall–Kier alpha value is -1.66. The van der Waals surface area contributed by atoms with Gasteiger partial charge in [-0.25, -0.2) is 8.42 Å². The van der Waals surface area contributed by atoms with Crippen molar-refractivity contribution in [2.24, 2.45) is 0 Å². The zero-order valence-electron chi connectivity index (χ0n) is 17.1. The molecular weight excluding hydrogens is 358 g/mol. The van der Waals surface area contributed by atoms with Crippen molar-refractivity contribution in [3.8, 4) is 0 Å². The van der Waals surface area contributed by atoms with Gasteiger partial charge in [0.05, 0.1) is 35.9 Å². The van der Waals surface area contributed by atoms with Crippen molar-refractivity contribution in [1.82, 2.24) is 9.78 Å². The molecular formula is C21H32N3O2S+. The van der Waals surface area contributed by atoms with Crippen LogP contribution in [0.4, 0.5) is 0 Å². The van der Waals surface area contributed by atoms with Crippen LogP contribution in [-0.4, -0.2) is 36.8 Å². The molecule has 1 saturated heterocycles. The predicted octanol–water partition coefficient (Wildman–Crippen LogP) is 2.20. The zero-order chi connectivity index (χ0) is 19.8. The summed E-state index contributed by atoms with van der Waals surface area (Å²) >= 11 is 0. The van der Waals surface area contributed by atoms with Crippen molar-refractivity contribution in [1.29, 1.82) is 0 Å². The molecule has 2 atom stereocenters. The molecule has 1 N–H and O–H groups in total. The molecule has 5 nitrogen and oxygen atoms in total. The first-order valence-corrected chi connectivity index (χ1v) is 11.6. The summed E-state index contributed by atoms with van der Waals surface area (Å²) < 4.78 is 25.6. The van der Waals surface area contributed by atoms with E-state index in [0.717, 1.165) is 24.5 Å². The van der Waals surface area contributed by atoms with E-state index in [4.69, 9.17) is 0 Å². The van der Waals surface area contributed by atoms with Crippen LogP contribution >= 0.6 is 0 Å². The van der Waals surface area contributed by atoms with Crippen LogP contribution in [0.15, 0.2) is 24.3 Å². The van der Waals surface area contributed by atoms with Gasteiger partial charge in [0.1, 0.15) is 13.1 Å². The molecule has 1 aliphatic rings. The highest BCUT2D eigenvalue weighted by Crippen LogP contribution is 2.26. The predicted molar refractivity (Wildman–Crippen MR) is 109 cm³/mol. The lowest BCUT2D eigenvalue weighted by Gasteiger charge is -2.16. The Morgan fingerprint density at radius 2 is 1.85 bits per heavy atom. The Morgan fingerprint density at radius 3 is 2.41 bits per heavy atom. The third-order valence-electron chi connectivity index (χ3n) is 5.66. The Morgan fingerprint density at radius 1 is 1.19 bits per heavy atom. The molecule has 2 aromatic rings. The first kappa shape index (κ1) is 20.1. The first-order chi connectivity index (χ1) is 12.7. The maximum atomic E-state index is 11.8. The minimum absolute atomic E-state index is 0.00802. The number of hydrogen-bond donors (Lipinski definition) is 1. The summed E-state index contributed by atoms with van der Waals surface area (Å²) in [5, 5.41) is 4.69. The molecule has 0 aliphatic carbocycles. The molecule has 148 valence electrons. The van der Waals surface area contributed by atoms with E-state index in [0.29, 0.717) is 12.3 Å². The van der Waals surface area contributed by atoms with Gasteiger partial charge in [0.2, 0.25) is 0 Å². The monoisotopic (exact) mass is 390 g/mol. The van der Waals surface area contributed by atoms with Crippen molar-refractivity contribution in [2.75, 3.05) is 18.6 Å². The molecule has 1 aromatic heterocycles. The molecule has 1 fully saturated rings. The number of benzene rings is 1. The van der Waals surface area contributed by atoms with Gasteiger partial charge in [-0.1, -0.05) is 38.1 Å². The van der Waals surface area contributed by atoms with E-state index in [-0.39, 0.29) is 17.5 Å². The van der Waals surface area contributed by atoms with Crippen LogP contribution in [0.1, 0.15) is 60.3 Å². The number of aromatic nitrogens is 2. The van der Waals surface area contributed by atoms with Gasteiger partial charge in [0, 0.05) is 11.3 Å². The molecule has 0 saturated carbocycles. The first-order valence-electron chi connectivity index (χ1n) is 9.81. The number of sulfone groups is 1. The Bertz CT molecular complexity index is 898. The van der Waals surface area contributed by atoms with Gasteiger partial charge in [-0.3, -0.25) is 4.68 Å². The molecule has 0 amide bonds. The quantitative estimate of drug-likeness (QED) is 0.823. The minimum atomic E-state index is -2.90. The maximum Gasteiger partial charge on any atom is 0.152 e. The van der Waals surface area contributed by atoms with Gasteiger partial charge in [-0.15, -0.1) is 0 Å². The third kappa shape index (κ3) is 4.61. The summed E-state index contributed by atoms with van der Waals surface area (Å²) in [7, 11) is -0.703. The molecule has 1 unspecified atom stereocenters. The molecule has 3 rings (SSSR count). The summed E-state index contributed by atoms with van der Waals surface area (Å²) in [5.74, 6) is 1.06. The minimum Gasteiger partial charge on any atom is -0.330 e. The molecule has 27 heavy (non-hydrogen) atoms. The van der Waals surface area contributed by atoms with E-state index in [1.807, 2.05) is 11.6 Å². The molecule has 0 bridgehead atoms. The fourth-order valence-corrected chi connectivity index (χ4v) is 5.70. The molecule has 0 spiro atoms. The average Bonchev–Trinajstić information content (AvgIpc) is 3.09. The maximum absolute atomic E-state index is 11.8. The van der Waals surface area contributed by atoms with E-state index < -0.39 is 9.84 Å². The van der Waals surface area contributed by atoms with Crippen molar-refractivity contribution in [3.05, 3.63) is 52.3 Å². The molecule has 0 radical (unpaired) electrons. The van der Waals surface area contributed by atoms with Gasteiger partial charge < -0.3 is 4.90 Å². The molecule has 1 aromatic carbocycles. The van der Waals surface area contributed by atoms with Crippen molar-refractivity contribution < 1.29 is 13.3 Å². The van der Waals surface area contributed by atoms with E-state index in [1.165, 1.54) is 21.6 Å². The smallest absolute Gasteiger partial charge is 0.152 e. The largest absolute Gasteiger partial charge is 0.330 e. The summed E-state index contributed by atoms with van der Waals surface area (Å²) in [6, 6.07) is 8.90. The second-order valence-electron chi connectivity index (χ2n) is 8.36. The Labute approximate surface area is 163 Å². The number of nitrogens with one attached hydrogen (secondary N) is 1. The fourth-order valence-electron chi connectivity index (χ4n) is 4.01. The lowest BCUT2D eigenvalue weighted by Crippen LogP contribution is -3.06. The van der Waals surface area contributed by atoms with Crippen molar-refractivity contribution >= 4 is 9.84 Å². The van der Waals surface area contributed by atoms with Crippen LogP contribution in [0.2, 0.25) is 0 Å². The summed E-state index contributed by atoms with van der Waals surface area (Å²) in [6.45, 7) is 10.4. The third-order valence-corrected chi connectivity index (χ3v) is 7.41. The summed E-state index contributed by atoms with van der Waals surface area (Å²) in [6.07, 6.45) is 0.675. The standard InChI is InChI=1S/C21H31N3O2S/c1-15(2)19-8-6-18(7-9-19)12-23(5)13-21-16(3)22-24(17(21)4)20-10-11-27(25,26)14-20/h6-9,15,20H,10-14H2,1-5H3/p+1/t20-/m1/s1. The zero-order valence-corrected chi connectivity index (χ0v) is 17.9. The lowest BCUT2D eigenvalue weighted by molar-refractivity contribution is -0.907. The highest BCUT2D eigenvalue weighted by Gasteiger charge is 2.31. The average molecular weight is 391 g/mol. The summed E-state index contributed by atoms with van der Waals surface area (Å²) in [5.41, 5.74) is 6.09. The molecule has 2 heterocycles. The van der Waals surface area contributed by atoms with Crippen LogP contribution in [0.25, 0.3) is 0 Å². The van der Waals surface area contributed by atoms with E-state index >= 15 is 0 Å². The topological polar surface area (TPSA) is 56.4 Å². The Balaban J connectivity index is 1.70. The van der Waals surface area contributed by atoms with E-state index in [9.17, 15) is 8.42 Å². The summed E-state index contributed by atoms with van der Waals surface area (Å²) in [4.78, 5) is 1.40. The second kappa shape index (κ2) is 7.76. The van der Waals surface area contributed by atoms with Crippen LogP contribution in [0.5, 0.6) is 0 Å². The van der Waals surface area contributed by atoms with Crippen molar-refractivity contribution in [2.45, 2.75) is 59.2 Å².